The molecule has 0 atom stereocenters. The number of nitrogens with one attached hydrogen (secondary N) is 2. The van der Waals surface area contributed by atoms with Crippen LogP contribution in [-0.4, -0.2) is 16.2 Å². The first-order valence-electron chi connectivity index (χ1n) is 5.33. The second-order valence-corrected chi connectivity index (χ2v) is 3.66. The Morgan fingerprint density at radius 3 is 3.00 bits per heavy atom. The van der Waals surface area contributed by atoms with Crippen molar-refractivity contribution in [3.8, 4) is 0 Å². The maximum absolute atomic E-state index is 11.6. The second-order valence-electron chi connectivity index (χ2n) is 3.66. The first-order chi connectivity index (χ1) is 8.63. The number of anilines is 2. The van der Waals surface area contributed by atoms with E-state index in [-0.39, 0.29) is 12.6 Å². The third-order valence-electron chi connectivity index (χ3n) is 2.12. The highest BCUT2D eigenvalue weighted by Gasteiger charge is 2.05. The zero-order valence-corrected chi connectivity index (χ0v) is 9.80. The molecule has 0 aliphatic rings. The lowest BCUT2D eigenvalue weighted by atomic mass is 10.3. The van der Waals surface area contributed by atoms with Crippen molar-refractivity contribution < 1.29 is 9.32 Å². The van der Waals surface area contributed by atoms with Crippen LogP contribution in [0.25, 0.3) is 0 Å². The lowest BCUT2D eigenvalue weighted by Gasteiger charge is -2.06. The van der Waals surface area contributed by atoms with Crippen molar-refractivity contribution in [2.75, 3.05) is 11.1 Å². The van der Waals surface area contributed by atoms with Gasteiger partial charge in [0, 0.05) is 18.3 Å². The number of benzene rings is 1. The Morgan fingerprint density at radius 1 is 1.50 bits per heavy atom. The lowest BCUT2D eigenvalue weighted by molar-refractivity contribution is 0.251. The van der Waals surface area contributed by atoms with Crippen LogP contribution in [0, 0.1) is 6.92 Å². The highest BCUT2D eigenvalue weighted by Crippen LogP contribution is 2.11. The van der Waals surface area contributed by atoms with Crippen molar-refractivity contribution in [2.24, 2.45) is 0 Å². The highest BCUT2D eigenvalue weighted by molar-refractivity contribution is 5.89. The number of hydrogen-bond donors (Lipinski definition) is 3. The average Bonchev–Trinajstić information content (AvgIpc) is 2.73. The molecule has 4 N–H and O–H groups in total. The molecule has 1 aromatic carbocycles. The molecule has 7 nitrogen and oxygen atoms in total. The number of amides is 2. The number of rotatable bonds is 3. The molecule has 0 aliphatic heterocycles. The summed E-state index contributed by atoms with van der Waals surface area (Å²) in [4.78, 5) is 15.5. The van der Waals surface area contributed by atoms with Gasteiger partial charge in [-0.15, -0.1) is 0 Å². The monoisotopic (exact) mass is 247 g/mol. The normalized spacial score (nSPS) is 10.1. The van der Waals surface area contributed by atoms with Gasteiger partial charge in [0.15, 0.2) is 5.82 Å². The summed E-state index contributed by atoms with van der Waals surface area (Å²) in [6.07, 6.45) is 0. The van der Waals surface area contributed by atoms with Crippen molar-refractivity contribution in [1.29, 1.82) is 0 Å². The highest BCUT2D eigenvalue weighted by atomic mass is 16.5. The summed E-state index contributed by atoms with van der Waals surface area (Å²) in [5.74, 6) is 0.887. The Bertz CT molecular complexity index is 552. The van der Waals surface area contributed by atoms with Gasteiger partial charge in [0.2, 0.25) is 5.89 Å². The van der Waals surface area contributed by atoms with Crippen molar-refractivity contribution in [1.82, 2.24) is 15.5 Å². The maximum atomic E-state index is 11.6. The molecular weight excluding hydrogens is 234 g/mol. The quantitative estimate of drug-likeness (QED) is 0.708. The Kier molecular flexibility index (Phi) is 3.42. The van der Waals surface area contributed by atoms with Crippen LogP contribution in [0.3, 0.4) is 0 Å². The molecule has 1 heterocycles. The predicted octanol–water partition coefficient (Wildman–Crippen LogP) is 1.28. The van der Waals surface area contributed by atoms with E-state index in [0.717, 1.165) is 0 Å². The molecule has 0 fully saturated rings. The molecule has 0 unspecified atom stereocenters. The van der Waals surface area contributed by atoms with E-state index in [4.69, 9.17) is 10.3 Å². The zero-order chi connectivity index (χ0) is 13.0. The molecule has 7 heteroatoms. The van der Waals surface area contributed by atoms with Gasteiger partial charge in [-0.05, 0) is 18.2 Å². The average molecular weight is 247 g/mol. The molecule has 1 aromatic heterocycles. The SMILES string of the molecule is Cc1nc(CNC(=O)Nc2cccc(N)c2)no1. The first kappa shape index (κ1) is 11.9. The van der Waals surface area contributed by atoms with Gasteiger partial charge in [0.05, 0.1) is 6.54 Å². The fourth-order valence-corrected chi connectivity index (χ4v) is 1.36. The number of aryl methyl sites for hydroxylation is 1. The van der Waals surface area contributed by atoms with E-state index in [9.17, 15) is 4.79 Å². The van der Waals surface area contributed by atoms with E-state index in [1.54, 1.807) is 31.2 Å². The van der Waals surface area contributed by atoms with Crippen LogP contribution >= 0.6 is 0 Å². The minimum absolute atomic E-state index is 0.200. The predicted molar refractivity (Wildman–Crippen MR) is 65.7 cm³/mol. The standard InChI is InChI=1S/C11H13N5O2/c1-7-14-10(16-18-7)6-13-11(17)15-9-4-2-3-8(12)5-9/h2-5H,6,12H2,1H3,(H2,13,15,17). The van der Waals surface area contributed by atoms with Gasteiger partial charge in [0.1, 0.15) is 0 Å². The number of carbonyl (C=O) groups is 1. The minimum atomic E-state index is -0.358. The van der Waals surface area contributed by atoms with E-state index in [1.165, 1.54) is 0 Å². The fourth-order valence-electron chi connectivity index (χ4n) is 1.36. The van der Waals surface area contributed by atoms with E-state index >= 15 is 0 Å². The number of nitrogen functional groups attached to an aromatic ring is 1. The number of urea groups is 1. The number of carbonyl (C=O) groups excluding carboxylic acids is 1. The van der Waals surface area contributed by atoms with Crippen molar-refractivity contribution in [3.05, 3.63) is 36.0 Å². The van der Waals surface area contributed by atoms with Gasteiger partial charge in [-0.25, -0.2) is 4.79 Å². The van der Waals surface area contributed by atoms with E-state index in [2.05, 4.69) is 20.8 Å². The molecule has 18 heavy (non-hydrogen) atoms. The van der Waals surface area contributed by atoms with Crippen LogP contribution in [0.5, 0.6) is 0 Å². The Morgan fingerprint density at radius 2 is 2.33 bits per heavy atom. The molecule has 0 aliphatic carbocycles. The van der Waals surface area contributed by atoms with Crippen molar-refractivity contribution in [2.45, 2.75) is 13.5 Å². The van der Waals surface area contributed by atoms with Crippen LogP contribution in [0.2, 0.25) is 0 Å². The zero-order valence-electron chi connectivity index (χ0n) is 9.80. The molecule has 0 radical (unpaired) electrons. The summed E-state index contributed by atoms with van der Waals surface area (Å²) < 4.78 is 4.78. The first-order valence-corrected chi connectivity index (χ1v) is 5.33. The molecular formula is C11H13N5O2. The molecule has 0 spiro atoms. The van der Waals surface area contributed by atoms with Gasteiger partial charge in [-0.2, -0.15) is 4.98 Å². The van der Waals surface area contributed by atoms with Crippen molar-refractivity contribution >= 4 is 17.4 Å². The van der Waals surface area contributed by atoms with Crippen LogP contribution in [0.1, 0.15) is 11.7 Å². The molecule has 2 rings (SSSR count). The van der Waals surface area contributed by atoms with E-state index < -0.39 is 0 Å². The Labute approximate surface area is 103 Å². The van der Waals surface area contributed by atoms with Crippen LogP contribution in [-0.2, 0) is 6.54 Å². The molecule has 2 amide bonds. The fraction of sp³-hybridized carbons (Fsp3) is 0.182. The van der Waals surface area contributed by atoms with Crippen molar-refractivity contribution in [3.63, 3.8) is 0 Å². The Balaban J connectivity index is 1.85. The van der Waals surface area contributed by atoms with Gasteiger partial charge in [0.25, 0.3) is 0 Å². The second kappa shape index (κ2) is 5.17. The maximum Gasteiger partial charge on any atom is 0.319 e. The van der Waals surface area contributed by atoms with E-state index in [1.807, 2.05) is 0 Å². The number of aromatic nitrogens is 2. The van der Waals surface area contributed by atoms with Gasteiger partial charge >= 0.3 is 6.03 Å². The minimum Gasteiger partial charge on any atom is -0.399 e. The summed E-state index contributed by atoms with van der Waals surface area (Å²) in [5, 5.41) is 8.91. The Hall–Kier alpha value is -2.57. The summed E-state index contributed by atoms with van der Waals surface area (Å²) in [6.45, 7) is 1.88. The van der Waals surface area contributed by atoms with Gasteiger partial charge in [-0.3, -0.25) is 0 Å². The number of nitrogens with two attached hydrogens (primary N) is 1. The summed E-state index contributed by atoms with van der Waals surface area (Å²) in [5.41, 5.74) is 6.80. The molecule has 94 valence electrons. The number of nitrogens with zero attached hydrogens (tertiary/aromatic N) is 2. The lowest BCUT2D eigenvalue weighted by Crippen LogP contribution is -2.28. The summed E-state index contributed by atoms with van der Waals surface area (Å²) in [7, 11) is 0. The molecule has 0 bridgehead atoms. The molecule has 2 aromatic rings. The number of hydrogen-bond acceptors (Lipinski definition) is 5. The van der Waals surface area contributed by atoms with Gasteiger partial charge in [-0.1, -0.05) is 11.2 Å². The van der Waals surface area contributed by atoms with Crippen LogP contribution in [0.15, 0.2) is 28.8 Å². The third kappa shape index (κ3) is 3.21. The molecule has 0 saturated carbocycles. The largest absolute Gasteiger partial charge is 0.399 e. The summed E-state index contributed by atoms with van der Waals surface area (Å²) in [6, 6.07) is 6.55. The third-order valence-corrected chi connectivity index (χ3v) is 2.12. The van der Waals surface area contributed by atoms with Gasteiger partial charge < -0.3 is 20.9 Å². The van der Waals surface area contributed by atoms with Crippen LogP contribution < -0.4 is 16.4 Å². The smallest absolute Gasteiger partial charge is 0.319 e. The molecule has 0 saturated heterocycles. The topological polar surface area (TPSA) is 106 Å². The van der Waals surface area contributed by atoms with Crippen LogP contribution in [0.4, 0.5) is 16.2 Å². The summed E-state index contributed by atoms with van der Waals surface area (Å²) >= 11 is 0. The van der Waals surface area contributed by atoms with E-state index in [0.29, 0.717) is 23.1 Å².